The van der Waals surface area contributed by atoms with Gasteiger partial charge in [0.1, 0.15) is 10.8 Å². The Balaban J connectivity index is 1.82. The molecule has 0 aliphatic carbocycles. The van der Waals surface area contributed by atoms with Gasteiger partial charge in [0.05, 0.1) is 15.9 Å². The summed E-state index contributed by atoms with van der Waals surface area (Å²) in [5, 5.41) is 5.03. The molecule has 4 rings (SSSR count). The van der Waals surface area contributed by atoms with Crippen molar-refractivity contribution < 1.29 is 4.52 Å². The van der Waals surface area contributed by atoms with Crippen LogP contribution in [0.1, 0.15) is 11.5 Å². The highest BCUT2D eigenvalue weighted by Gasteiger charge is 2.13. The van der Waals surface area contributed by atoms with Gasteiger partial charge in [-0.3, -0.25) is 0 Å². The number of fused-ring (bicyclic) bond motifs is 1. The number of rotatable bonds is 2. The Kier molecular flexibility index (Phi) is 3.16. The highest BCUT2D eigenvalue weighted by Crippen LogP contribution is 2.35. The molecule has 0 saturated heterocycles. The molecule has 2 heterocycles. The number of hydrogen-bond acceptors (Lipinski definition) is 5. The van der Waals surface area contributed by atoms with Crippen molar-refractivity contribution in [1.82, 2.24) is 10.1 Å². The molecular weight excluding hydrogens is 306 g/mol. The van der Waals surface area contributed by atoms with Gasteiger partial charge in [0, 0.05) is 16.8 Å². The predicted molar refractivity (Wildman–Crippen MR) is 94.4 cm³/mol. The number of aryl methyl sites for hydroxylation is 2. The molecule has 0 saturated carbocycles. The highest BCUT2D eigenvalue weighted by atomic mass is 32.1. The first-order valence-electron chi connectivity index (χ1n) is 7.31. The van der Waals surface area contributed by atoms with E-state index in [0.29, 0.717) is 0 Å². The lowest BCUT2D eigenvalue weighted by Crippen LogP contribution is -1.83. The third-order valence-electron chi connectivity index (χ3n) is 3.87. The quantitative estimate of drug-likeness (QED) is 0.538. The summed E-state index contributed by atoms with van der Waals surface area (Å²) in [5.41, 5.74) is 11.7. The van der Waals surface area contributed by atoms with Crippen molar-refractivity contribution >= 4 is 27.2 Å². The van der Waals surface area contributed by atoms with E-state index in [0.717, 1.165) is 49.1 Å². The van der Waals surface area contributed by atoms with Gasteiger partial charge in [0.15, 0.2) is 0 Å². The van der Waals surface area contributed by atoms with E-state index in [-0.39, 0.29) is 0 Å². The number of thiazole rings is 1. The van der Waals surface area contributed by atoms with Crippen LogP contribution in [0.5, 0.6) is 0 Å². The lowest BCUT2D eigenvalue weighted by molar-refractivity contribution is 0.393. The minimum absolute atomic E-state index is 0.760. The van der Waals surface area contributed by atoms with Crippen molar-refractivity contribution in [2.24, 2.45) is 0 Å². The topological polar surface area (TPSA) is 64.9 Å². The standard InChI is InChI=1S/C18H15N3OS/c1-10-17(11(2)22-21-10)13-5-8-15-16(9-13)23-18(20-15)12-3-6-14(19)7-4-12/h3-9H,19H2,1-2H3. The highest BCUT2D eigenvalue weighted by molar-refractivity contribution is 7.21. The third kappa shape index (κ3) is 2.39. The zero-order chi connectivity index (χ0) is 16.0. The van der Waals surface area contributed by atoms with Gasteiger partial charge in [0.25, 0.3) is 0 Å². The Hall–Kier alpha value is -2.66. The monoisotopic (exact) mass is 321 g/mol. The van der Waals surface area contributed by atoms with Gasteiger partial charge >= 0.3 is 0 Å². The van der Waals surface area contributed by atoms with Gasteiger partial charge in [-0.25, -0.2) is 4.98 Å². The van der Waals surface area contributed by atoms with Crippen LogP contribution in [0.2, 0.25) is 0 Å². The summed E-state index contributed by atoms with van der Waals surface area (Å²) in [4.78, 5) is 4.72. The first-order valence-corrected chi connectivity index (χ1v) is 8.13. The van der Waals surface area contributed by atoms with Crippen molar-refractivity contribution in [3.05, 3.63) is 53.9 Å². The van der Waals surface area contributed by atoms with Crippen LogP contribution in [0.4, 0.5) is 5.69 Å². The molecule has 2 aromatic heterocycles. The van der Waals surface area contributed by atoms with Crippen molar-refractivity contribution in [3.63, 3.8) is 0 Å². The van der Waals surface area contributed by atoms with Crippen molar-refractivity contribution in [1.29, 1.82) is 0 Å². The van der Waals surface area contributed by atoms with Crippen LogP contribution in [-0.4, -0.2) is 10.1 Å². The molecule has 0 aliphatic heterocycles. The van der Waals surface area contributed by atoms with Gasteiger partial charge in [-0.15, -0.1) is 11.3 Å². The van der Waals surface area contributed by atoms with Crippen LogP contribution in [-0.2, 0) is 0 Å². The number of nitrogen functional groups attached to an aromatic ring is 1. The van der Waals surface area contributed by atoms with Crippen LogP contribution in [0, 0.1) is 13.8 Å². The number of hydrogen-bond donors (Lipinski definition) is 1. The van der Waals surface area contributed by atoms with Crippen LogP contribution in [0.15, 0.2) is 47.0 Å². The van der Waals surface area contributed by atoms with E-state index in [1.165, 1.54) is 0 Å². The molecule has 0 radical (unpaired) electrons. The molecule has 5 heteroatoms. The van der Waals surface area contributed by atoms with Crippen LogP contribution < -0.4 is 5.73 Å². The van der Waals surface area contributed by atoms with Gasteiger partial charge in [0.2, 0.25) is 0 Å². The van der Waals surface area contributed by atoms with Crippen molar-refractivity contribution in [3.8, 4) is 21.7 Å². The Morgan fingerprint density at radius 1 is 1.00 bits per heavy atom. The number of nitrogens with zero attached hydrogens (tertiary/aromatic N) is 2. The predicted octanol–water partition coefficient (Wildman–Crippen LogP) is 4.82. The van der Waals surface area contributed by atoms with E-state index in [4.69, 9.17) is 15.2 Å². The first-order chi connectivity index (χ1) is 11.1. The summed E-state index contributed by atoms with van der Waals surface area (Å²) in [6, 6.07) is 14.1. The summed E-state index contributed by atoms with van der Waals surface area (Å²) in [6.45, 7) is 3.90. The van der Waals surface area contributed by atoms with E-state index in [1.807, 2.05) is 44.2 Å². The second-order valence-corrected chi connectivity index (χ2v) is 6.55. The Morgan fingerprint density at radius 3 is 2.43 bits per heavy atom. The van der Waals surface area contributed by atoms with E-state index in [2.05, 4.69) is 17.3 Å². The van der Waals surface area contributed by atoms with Crippen LogP contribution >= 0.6 is 11.3 Å². The van der Waals surface area contributed by atoms with E-state index in [9.17, 15) is 0 Å². The molecule has 4 aromatic rings. The molecular formula is C18H15N3OS. The third-order valence-corrected chi connectivity index (χ3v) is 4.94. The van der Waals surface area contributed by atoms with Crippen molar-refractivity contribution in [2.45, 2.75) is 13.8 Å². The van der Waals surface area contributed by atoms with Crippen LogP contribution in [0.3, 0.4) is 0 Å². The Labute approximate surface area is 137 Å². The molecule has 0 aliphatic rings. The summed E-state index contributed by atoms with van der Waals surface area (Å²) in [7, 11) is 0. The zero-order valence-corrected chi connectivity index (χ0v) is 13.6. The molecule has 2 aromatic carbocycles. The van der Waals surface area contributed by atoms with E-state index in [1.54, 1.807) is 11.3 Å². The van der Waals surface area contributed by atoms with Gasteiger partial charge in [-0.05, 0) is 55.8 Å². The van der Waals surface area contributed by atoms with Crippen LogP contribution in [0.25, 0.3) is 31.9 Å². The molecule has 0 amide bonds. The second-order valence-electron chi connectivity index (χ2n) is 5.52. The second kappa shape index (κ2) is 5.21. The molecule has 4 nitrogen and oxygen atoms in total. The van der Waals surface area contributed by atoms with E-state index >= 15 is 0 Å². The lowest BCUT2D eigenvalue weighted by Gasteiger charge is -1.99. The molecule has 0 fully saturated rings. The normalized spacial score (nSPS) is 11.2. The van der Waals surface area contributed by atoms with Gasteiger partial charge in [-0.2, -0.15) is 0 Å². The molecule has 2 N–H and O–H groups in total. The number of benzene rings is 2. The number of nitrogens with two attached hydrogens (primary N) is 1. The fourth-order valence-electron chi connectivity index (χ4n) is 2.72. The fourth-order valence-corrected chi connectivity index (χ4v) is 3.73. The molecule has 23 heavy (non-hydrogen) atoms. The Bertz CT molecular complexity index is 979. The minimum atomic E-state index is 0.760. The maximum absolute atomic E-state index is 5.75. The largest absolute Gasteiger partial charge is 0.399 e. The van der Waals surface area contributed by atoms with Crippen molar-refractivity contribution in [2.75, 3.05) is 5.73 Å². The van der Waals surface area contributed by atoms with E-state index < -0.39 is 0 Å². The summed E-state index contributed by atoms with van der Waals surface area (Å²) in [5.74, 6) is 0.838. The molecule has 0 atom stereocenters. The molecule has 0 spiro atoms. The smallest absolute Gasteiger partial charge is 0.141 e. The zero-order valence-electron chi connectivity index (χ0n) is 12.8. The number of anilines is 1. The summed E-state index contributed by atoms with van der Waals surface area (Å²) < 4.78 is 6.42. The Morgan fingerprint density at radius 2 is 1.74 bits per heavy atom. The average molecular weight is 321 g/mol. The lowest BCUT2D eigenvalue weighted by atomic mass is 10.0. The fraction of sp³-hybridized carbons (Fsp3) is 0.111. The maximum Gasteiger partial charge on any atom is 0.141 e. The molecule has 0 bridgehead atoms. The molecule has 114 valence electrons. The van der Waals surface area contributed by atoms with Gasteiger partial charge in [-0.1, -0.05) is 11.2 Å². The molecule has 0 unspecified atom stereocenters. The summed E-state index contributed by atoms with van der Waals surface area (Å²) >= 11 is 1.68. The average Bonchev–Trinajstić information content (AvgIpc) is 3.10. The maximum atomic E-state index is 5.75. The minimum Gasteiger partial charge on any atom is -0.399 e. The van der Waals surface area contributed by atoms with Gasteiger partial charge < -0.3 is 10.3 Å². The SMILES string of the molecule is Cc1noc(C)c1-c1ccc2nc(-c3ccc(N)cc3)sc2c1. The number of aromatic nitrogens is 2. The summed E-state index contributed by atoms with van der Waals surface area (Å²) in [6.07, 6.45) is 0. The first kappa shape index (κ1) is 14.0.